The first-order valence-electron chi connectivity index (χ1n) is 8.59. The van der Waals surface area contributed by atoms with Crippen LogP contribution in [0.1, 0.15) is 31.9 Å². The predicted molar refractivity (Wildman–Crippen MR) is 88.3 cm³/mol. The Hall–Kier alpha value is -1.69. The molecule has 1 aliphatic carbocycles. The zero-order chi connectivity index (χ0) is 16.2. The van der Waals surface area contributed by atoms with Crippen molar-refractivity contribution in [2.24, 2.45) is 5.92 Å². The standard InChI is InChI=1S/C17H26N4O2/c1-13-4-7-16(19-18-13)20-8-3-9-21(11-10-20)17(22)14(2)23-12-15-5-6-15/h4,7,14-15H,3,5-6,8-12H2,1-2H3/t14-/m0/s1. The van der Waals surface area contributed by atoms with Crippen LogP contribution in [0.15, 0.2) is 12.1 Å². The minimum Gasteiger partial charge on any atom is -0.368 e. The van der Waals surface area contributed by atoms with E-state index < -0.39 is 0 Å². The molecule has 0 unspecified atom stereocenters. The number of hydrogen-bond donors (Lipinski definition) is 0. The minimum absolute atomic E-state index is 0.113. The number of carbonyl (C=O) groups excluding carboxylic acids is 1. The van der Waals surface area contributed by atoms with Crippen LogP contribution in [0.25, 0.3) is 0 Å². The largest absolute Gasteiger partial charge is 0.368 e. The number of ether oxygens (including phenoxy) is 1. The molecule has 126 valence electrons. The summed E-state index contributed by atoms with van der Waals surface area (Å²) in [5.74, 6) is 1.69. The molecule has 3 rings (SSSR count). The Bertz CT molecular complexity index is 530. The molecule has 2 aliphatic rings. The third-order valence-corrected chi connectivity index (χ3v) is 4.54. The van der Waals surface area contributed by atoms with Crippen LogP contribution < -0.4 is 4.90 Å². The number of carbonyl (C=O) groups is 1. The van der Waals surface area contributed by atoms with Gasteiger partial charge in [0.1, 0.15) is 6.10 Å². The van der Waals surface area contributed by atoms with Gasteiger partial charge in [-0.1, -0.05) is 0 Å². The molecule has 0 aromatic carbocycles. The molecule has 1 saturated carbocycles. The summed E-state index contributed by atoms with van der Waals surface area (Å²) in [6.07, 6.45) is 3.10. The fourth-order valence-corrected chi connectivity index (χ4v) is 2.82. The average Bonchev–Trinajstić information content (AvgIpc) is 3.39. The molecule has 6 heteroatoms. The van der Waals surface area contributed by atoms with Gasteiger partial charge in [-0.15, -0.1) is 5.10 Å². The zero-order valence-electron chi connectivity index (χ0n) is 14.1. The summed E-state index contributed by atoms with van der Waals surface area (Å²) in [5, 5.41) is 8.37. The van der Waals surface area contributed by atoms with Crippen molar-refractivity contribution in [1.82, 2.24) is 15.1 Å². The molecular formula is C17H26N4O2. The van der Waals surface area contributed by atoms with Crippen LogP contribution in [0.4, 0.5) is 5.82 Å². The quantitative estimate of drug-likeness (QED) is 0.826. The van der Waals surface area contributed by atoms with E-state index in [1.54, 1.807) is 0 Å². The number of aryl methyl sites for hydroxylation is 1. The van der Waals surface area contributed by atoms with Gasteiger partial charge < -0.3 is 14.5 Å². The van der Waals surface area contributed by atoms with E-state index >= 15 is 0 Å². The number of hydrogen-bond acceptors (Lipinski definition) is 5. The highest BCUT2D eigenvalue weighted by Crippen LogP contribution is 2.29. The molecule has 1 amide bonds. The van der Waals surface area contributed by atoms with Crippen molar-refractivity contribution in [3.8, 4) is 0 Å². The monoisotopic (exact) mass is 318 g/mol. The third kappa shape index (κ3) is 4.41. The second-order valence-electron chi connectivity index (χ2n) is 6.62. The maximum absolute atomic E-state index is 12.5. The van der Waals surface area contributed by atoms with Gasteiger partial charge >= 0.3 is 0 Å². The highest BCUT2D eigenvalue weighted by molar-refractivity contribution is 5.80. The van der Waals surface area contributed by atoms with Crippen molar-refractivity contribution in [2.75, 3.05) is 37.7 Å². The summed E-state index contributed by atoms with van der Waals surface area (Å²) in [4.78, 5) is 16.7. The van der Waals surface area contributed by atoms with Gasteiger partial charge in [-0.2, -0.15) is 5.10 Å². The summed E-state index contributed by atoms with van der Waals surface area (Å²) in [6.45, 7) is 7.72. The molecule has 1 saturated heterocycles. The Morgan fingerprint density at radius 3 is 2.78 bits per heavy atom. The van der Waals surface area contributed by atoms with Gasteiger partial charge in [-0.3, -0.25) is 4.79 Å². The molecule has 0 spiro atoms. The van der Waals surface area contributed by atoms with Crippen LogP contribution in [0.5, 0.6) is 0 Å². The second kappa shape index (κ2) is 7.25. The molecule has 1 atom stereocenters. The van der Waals surface area contributed by atoms with Crippen molar-refractivity contribution >= 4 is 11.7 Å². The van der Waals surface area contributed by atoms with E-state index in [1.807, 2.05) is 30.9 Å². The Balaban J connectivity index is 1.52. The predicted octanol–water partition coefficient (Wildman–Crippen LogP) is 1.64. The number of aromatic nitrogens is 2. The highest BCUT2D eigenvalue weighted by atomic mass is 16.5. The van der Waals surface area contributed by atoms with Gasteiger partial charge in [0.15, 0.2) is 5.82 Å². The summed E-state index contributed by atoms with van der Waals surface area (Å²) in [5.41, 5.74) is 0.919. The van der Waals surface area contributed by atoms with Crippen molar-refractivity contribution in [3.63, 3.8) is 0 Å². The highest BCUT2D eigenvalue weighted by Gasteiger charge is 2.27. The van der Waals surface area contributed by atoms with Gasteiger partial charge in [0.2, 0.25) is 0 Å². The Kier molecular flexibility index (Phi) is 5.10. The van der Waals surface area contributed by atoms with Gasteiger partial charge in [0.25, 0.3) is 5.91 Å². The molecule has 1 aliphatic heterocycles. The van der Waals surface area contributed by atoms with E-state index in [0.717, 1.165) is 44.2 Å². The first-order valence-corrected chi connectivity index (χ1v) is 8.59. The second-order valence-corrected chi connectivity index (χ2v) is 6.62. The molecule has 0 radical (unpaired) electrons. The van der Waals surface area contributed by atoms with Crippen LogP contribution in [0, 0.1) is 12.8 Å². The first-order chi connectivity index (χ1) is 11.1. The molecular weight excluding hydrogens is 292 g/mol. The van der Waals surface area contributed by atoms with E-state index in [2.05, 4.69) is 15.1 Å². The van der Waals surface area contributed by atoms with Crippen LogP contribution in [0.2, 0.25) is 0 Å². The first kappa shape index (κ1) is 16.2. The fourth-order valence-electron chi connectivity index (χ4n) is 2.82. The average molecular weight is 318 g/mol. The van der Waals surface area contributed by atoms with E-state index in [1.165, 1.54) is 12.8 Å². The van der Waals surface area contributed by atoms with Crippen LogP contribution in [0.3, 0.4) is 0 Å². The van der Waals surface area contributed by atoms with Crippen LogP contribution in [-0.4, -0.2) is 59.9 Å². The van der Waals surface area contributed by atoms with Gasteiger partial charge in [0, 0.05) is 26.2 Å². The van der Waals surface area contributed by atoms with Gasteiger partial charge in [-0.05, 0) is 51.2 Å². The van der Waals surface area contributed by atoms with E-state index in [4.69, 9.17) is 4.74 Å². The maximum Gasteiger partial charge on any atom is 0.251 e. The number of rotatable bonds is 5. The summed E-state index contributed by atoms with van der Waals surface area (Å²) < 4.78 is 5.72. The number of amides is 1. The lowest BCUT2D eigenvalue weighted by atomic mass is 10.3. The van der Waals surface area contributed by atoms with Crippen molar-refractivity contribution in [1.29, 1.82) is 0 Å². The number of anilines is 1. The van der Waals surface area contributed by atoms with Crippen molar-refractivity contribution < 1.29 is 9.53 Å². The molecule has 0 N–H and O–H groups in total. The van der Waals surface area contributed by atoms with Crippen LogP contribution in [-0.2, 0) is 9.53 Å². The summed E-state index contributed by atoms with van der Waals surface area (Å²) in [7, 11) is 0. The SMILES string of the molecule is Cc1ccc(N2CCCN(C(=O)[C@H](C)OCC3CC3)CC2)nn1. The van der Waals surface area contributed by atoms with E-state index in [9.17, 15) is 4.79 Å². The maximum atomic E-state index is 12.5. The smallest absolute Gasteiger partial charge is 0.251 e. The molecule has 0 bridgehead atoms. The Morgan fingerprint density at radius 1 is 1.26 bits per heavy atom. The lowest BCUT2D eigenvalue weighted by Crippen LogP contribution is -2.41. The van der Waals surface area contributed by atoms with E-state index in [0.29, 0.717) is 12.5 Å². The van der Waals surface area contributed by atoms with Crippen LogP contribution >= 0.6 is 0 Å². The molecule has 1 aromatic rings. The topological polar surface area (TPSA) is 58.6 Å². The Labute approximate surface area is 137 Å². The molecule has 1 aromatic heterocycles. The van der Waals surface area contributed by atoms with Crippen molar-refractivity contribution in [2.45, 2.75) is 39.2 Å². The molecule has 2 heterocycles. The molecule has 2 fully saturated rings. The summed E-state index contributed by atoms with van der Waals surface area (Å²) >= 11 is 0. The van der Waals surface area contributed by atoms with E-state index in [-0.39, 0.29) is 12.0 Å². The number of nitrogens with zero attached hydrogens (tertiary/aromatic N) is 4. The third-order valence-electron chi connectivity index (χ3n) is 4.54. The van der Waals surface area contributed by atoms with Crippen molar-refractivity contribution in [3.05, 3.63) is 17.8 Å². The fraction of sp³-hybridized carbons (Fsp3) is 0.706. The van der Waals surface area contributed by atoms with Gasteiger partial charge in [-0.25, -0.2) is 0 Å². The molecule has 6 nitrogen and oxygen atoms in total. The zero-order valence-corrected chi connectivity index (χ0v) is 14.1. The lowest BCUT2D eigenvalue weighted by molar-refractivity contribution is -0.142. The minimum atomic E-state index is -0.332. The lowest BCUT2D eigenvalue weighted by Gasteiger charge is -2.25. The normalized spacial score (nSPS) is 20.3. The molecule has 23 heavy (non-hydrogen) atoms. The Morgan fingerprint density at radius 2 is 2.09 bits per heavy atom. The summed E-state index contributed by atoms with van der Waals surface area (Å²) in [6, 6.07) is 3.98. The van der Waals surface area contributed by atoms with Gasteiger partial charge in [0.05, 0.1) is 12.3 Å².